The molecule has 2 rings (SSSR count). The summed E-state index contributed by atoms with van der Waals surface area (Å²) in [6, 6.07) is 0. The van der Waals surface area contributed by atoms with Gasteiger partial charge in [0.2, 0.25) is 0 Å². The normalized spacial score (nSPS) is 21.0. The van der Waals surface area contributed by atoms with Crippen molar-refractivity contribution in [2.75, 3.05) is 27.4 Å². The molecule has 0 N–H and O–H groups in total. The van der Waals surface area contributed by atoms with Gasteiger partial charge in [-0.2, -0.15) is 0 Å². The number of methoxy groups -OCH3 is 2. The lowest BCUT2D eigenvalue weighted by Crippen LogP contribution is -2.45. The van der Waals surface area contributed by atoms with Crippen molar-refractivity contribution in [3.05, 3.63) is 33.8 Å². The van der Waals surface area contributed by atoms with Crippen LogP contribution in [0.5, 0.6) is 11.5 Å². The van der Waals surface area contributed by atoms with E-state index in [0.717, 1.165) is 23.0 Å². The molecule has 1 aromatic heterocycles. The van der Waals surface area contributed by atoms with Crippen LogP contribution in [0.15, 0.2) is 33.8 Å². The van der Waals surface area contributed by atoms with Crippen LogP contribution >= 0.6 is 11.3 Å². The number of allylic oxidation sites excluding steroid dienone is 4. The van der Waals surface area contributed by atoms with Crippen molar-refractivity contribution in [3.63, 3.8) is 0 Å². The molecule has 0 bridgehead atoms. The first kappa shape index (κ1) is 19.3. The summed E-state index contributed by atoms with van der Waals surface area (Å²) >= 11 is 1.53. The van der Waals surface area contributed by atoms with Crippen LogP contribution in [0.1, 0.15) is 27.7 Å². The minimum absolute atomic E-state index is 0.294. The van der Waals surface area contributed by atoms with E-state index in [1.807, 2.05) is 38.5 Å². The molecule has 0 aliphatic carbocycles. The van der Waals surface area contributed by atoms with Crippen LogP contribution in [0.3, 0.4) is 0 Å². The molecule has 7 heteroatoms. The maximum Gasteiger partial charge on any atom is 0.173 e. The maximum atomic E-state index is 6.04. The Morgan fingerprint density at radius 1 is 0.800 bits per heavy atom. The molecule has 1 aliphatic heterocycles. The lowest BCUT2D eigenvalue weighted by Gasteiger charge is -2.32. The Morgan fingerprint density at radius 3 is 1.56 bits per heavy atom. The van der Waals surface area contributed by atoms with E-state index in [1.165, 1.54) is 11.3 Å². The van der Waals surface area contributed by atoms with Crippen LogP contribution in [-0.2, 0) is 18.9 Å². The second-order valence-corrected chi connectivity index (χ2v) is 6.41. The molecule has 0 radical (unpaired) electrons. The minimum Gasteiger partial charge on any atom is -0.498 e. The minimum atomic E-state index is -0.294. The predicted molar refractivity (Wildman–Crippen MR) is 95.8 cm³/mol. The number of fused-ring (bicyclic) bond motifs is 1. The van der Waals surface area contributed by atoms with E-state index in [2.05, 4.69) is 0 Å². The van der Waals surface area contributed by atoms with E-state index in [0.29, 0.717) is 24.7 Å². The second-order valence-electron chi connectivity index (χ2n) is 5.67. The molecule has 0 aromatic carbocycles. The molecule has 25 heavy (non-hydrogen) atoms. The average Bonchev–Trinajstić information content (AvgIpc) is 3.09. The Hall–Kier alpha value is -2.02. The monoisotopic (exact) mass is 370 g/mol. The van der Waals surface area contributed by atoms with Gasteiger partial charge in [0.05, 0.1) is 14.2 Å². The van der Waals surface area contributed by atoms with Gasteiger partial charge in [0.25, 0.3) is 0 Å². The number of hydrogen-bond acceptors (Lipinski definition) is 7. The maximum absolute atomic E-state index is 6.04. The van der Waals surface area contributed by atoms with Crippen molar-refractivity contribution in [3.8, 4) is 11.5 Å². The summed E-state index contributed by atoms with van der Waals surface area (Å²) < 4.78 is 34.0. The summed E-state index contributed by atoms with van der Waals surface area (Å²) in [7, 11) is 3.23. The first-order valence-corrected chi connectivity index (χ1v) is 8.98. The Balaban J connectivity index is 2.05. The molecule has 6 nitrogen and oxygen atoms in total. The van der Waals surface area contributed by atoms with Crippen molar-refractivity contribution in [1.82, 2.24) is 0 Å². The fraction of sp³-hybridized carbons (Fsp3) is 0.556. The van der Waals surface area contributed by atoms with Gasteiger partial charge in [-0.3, -0.25) is 0 Å². The van der Waals surface area contributed by atoms with Crippen LogP contribution < -0.4 is 9.47 Å². The summed E-state index contributed by atoms with van der Waals surface area (Å²) in [5.74, 6) is 4.37. The van der Waals surface area contributed by atoms with E-state index < -0.39 is 0 Å². The van der Waals surface area contributed by atoms with Crippen LogP contribution in [0.4, 0.5) is 0 Å². The van der Waals surface area contributed by atoms with E-state index in [4.69, 9.17) is 28.4 Å². The molecule has 1 aliphatic rings. The molecule has 2 atom stereocenters. The lowest BCUT2D eigenvalue weighted by atomic mass is 10.2. The van der Waals surface area contributed by atoms with Gasteiger partial charge in [-0.15, -0.1) is 11.3 Å². The van der Waals surface area contributed by atoms with Crippen molar-refractivity contribution in [1.29, 1.82) is 0 Å². The van der Waals surface area contributed by atoms with Crippen LogP contribution in [0.2, 0.25) is 0 Å². The van der Waals surface area contributed by atoms with E-state index in [-0.39, 0.29) is 12.2 Å². The summed E-state index contributed by atoms with van der Waals surface area (Å²) in [6.45, 7) is 8.10. The first-order valence-electron chi connectivity index (χ1n) is 8.04. The third kappa shape index (κ3) is 4.98. The topological polar surface area (TPSA) is 55.4 Å². The third-order valence-electron chi connectivity index (χ3n) is 4.10. The third-order valence-corrected chi connectivity index (χ3v) is 4.80. The van der Waals surface area contributed by atoms with Crippen LogP contribution in [0.25, 0.3) is 0 Å². The van der Waals surface area contributed by atoms with E-state index in [9.17, 15) is 0 Å². The molecule has 0 amide bonds. The molecule has 0 saturated heterocycles. The summed E-state index contributed by atoms with van der Waals surface area (Å²) in [5.41, 5.74) is 0. The highest BCUT2D eigenvalue weighted by molar-refractivity contribution is 7.08. The first-order chi connectivity index (χ1) is 12.0. The number of ether oxygens (including phenoxy) is 6. The van der Waals surface area contributed by atoms with E-state index >= 15 is 0 Å². The number of thiophene rings is 1. The fourth-order valence-electron chi connectivity index (χ4n) is 2.11. The molecule has 0 saturated carbocycles. The fourth-order valence-corrected chi connectivity index (χ4v) is 2.77. The zero-order valence-corrected chi connectivity index (χ0v) is 16.4. The number of hydrogen-bond donors (Lipinski definition) is 0. The molecule has 2 unspecified atom stereocenters. The van der Waals surface area contributed by atoms with Crippen LogP contribution in [-0.4, -0.2) is 39.6 Å². The largest absolute Gasteiger partial charge is 0.498 e. The molecule has 140 valence electrons. The zero-order valence-electron chi connectivity index (χ0n) is 15.6. The van der Waals surface area contributed by atoms with Gasteiger partial charge >= 0.3 is 0 Å². The molecule has 0 fully saturated rings. The Labute approximate surface area is 152 Å². The highest BCUT2D eigenvalue weighted by Crippen LogP contribution is 2.37. The predicted octanol–water partition coefficient (Wildman–Crippen LogP) is 4.09. The molecular formula is C18H26O6S. The smallest absolute Gasteiger partial charge is 0.173 e. The zero-order chi connectivity index (χ0) is 18.4. The van der Waals surface area contributed by atoms with Crippen molar-refractivity contribution in [2.24, 2.45) is 0 Å². The highest BCUT2D eigenvalue weighted by Gasteiger charge is 2.33. The van der Waals surface area contributed by atoms with Gasteiger partial charge in [0.15, 0.2) is 23.7 Å². The van der Waals surface area contributed by atoms with Crippen molar-refractivity contribution in [2.45, 2.75) is 39.9 Å². The Kier molecular flexibility index (Phi) is 6.87. The van der Waals surface area contributed by atoms with Crippen LogP contribution in [0, 0.1) is 0 Å². The summed E-state index contributed by atoms with van der Waals surface area (Å²) in [6.07, 6.45) is -0.588. The van der Waals surface area contributed by atoms with E-state index in [1.54, 1.807) is 14.2 Å². The molecule has 2 heterocycles. The Morgan fingerprint density at radius 2 is 1.20 bits per heavy atom. The summed E-state index contributed by atoms with van der Waals surface area (Å²) in [5, 5.41) is 3.84. The number of rotatable bonds is 8. The SMILES string of the molecule is CO/C(C)=C(/C)OCC1Oc2cscc2OC1CO/C(C)=C(/C)OC. The molecule has 0 spiro atoms. The molecule has 1 aromatic rings. The van der Waals surface area contributed by atoms with Crippen molar-refractivity contribution >= 4 is 11.3 Å². The highest BCUT2D eigenvalue weighted by atomic mass is 32.1. The van der Waals surface area contributed by atoms with Gasteiger partial charge in [0, 0.05) is 10.8 Å². The molecular weight excluding hydrogens is 344 g/mol. The van der Waals surface area contributed by atoms with Gasteiger partial charge in [-0.1, -0.05) is 0 Å². The van der Waals surface area contributed by atoms with Gasteiger partial charge in [0.1, 0.15) is 36.3 Å². The second kappa shape index (κ2) is 8.89. The van der Waals surface area contributed by atoms with Gasteiger partial charge in [-0.05, 0) is 27.7 Å². The average molecular weight is 370 g/mol. The van der Waals surface area contributed by atoms with Gasteiger partial charge < -0.3 is 28.4 Å². The Bertz CT molecular complexity index is 581. The standard InChI is InChI=1S/C18H26O6S/c1-11(19-5)13(3)21-7-15-16(8-22-14(4)12(2)20-6)24-18-10-25-9-17(18)23-15/h9-10,15-16H,7-8H2,1-6H3/b13-11-,14-12-. The lowest BCUT2D eigenvalue weighted by molar-refractivity contribution is -0.0483. The summed E-state index contributed by atoms with van der Waals surface area (Å²) in [4.78, 5) is 0. The van der Waals surface area contributed by atoms with Crippen molar-refractivity contribution < 1.29 is 28.4 Å². The van der Waals surface area contributed by atoms with Gasteiger partial charge in [-0.25, -0.2) is 0 Å². The quantitative estimate of drug-likeness (QED) is 0.643.